The number of benzene rings is 1. The van der Waals surface area contributed by atoms with E-state index in [4.69, 9.17) is 5.73 Å². The summed E-state index contributed by atoms with van der Waals surface area (Å²) in [6.07, 6.45) is 4.31. The van der Waals surface area contributed by atoms with Gasteiger partial charge in [-0.05, 0) is 31.0 Å². The summed E-state index contributed by atoms with van der Waals surface area (Å²) in [5.74, 6) is -0.723. The van der Waals surface area contributed by atoms with Gasteiger partial charge >= 0.3 is 0 Å². The van der Waals surface area contributed by atoms with E-state index in [0.717, 1.165) is 0 Å². The van der Waals surface area contributed by atoms with Crippen molar-refractivity contribution in [1.29, 1.82) is 0 Å². The maximum Gasteiger partial charge on any atom is 0.246 e. The number of nitrogen functional groups attached to an aromatic ring is 1. The van der Waals surface area contributed by atoms with Crippen LogP contribution in [0.2, 0.25) is 0 Å². The van der Waals surface area contributed by atoms with Gasteiger partial charge in [0.2, 0.25) is 10.0 Å². The predicted molar refractivity (Wildman–Crippen MR) is 68.1 cm³/mol. The molecule has 0 bridgehead atoms. The topological polar surface area (TPSA) is 63.4 Å². The Kier molecular flexibility index (Phi) is 3.41. The average molecular weight is 270 g/mol. The Labute approximate surface area is 106 Å². The minimum Gasteiger partial charge on any atom is -0.399 e. The van der Waals surface area contributed by atoms with Crippen LogP contribution < -0.4 is 5.73 Å². The molecular formula is C12H15FN2O2S. The van der Waals surface area contributed by atoms with E-state index in [1.807, 2.05) is 6.08 Å². The SMILES string of the molecule is Cc1cc(N)cc(S(=O)(=O)N2CC=CCC2)c1F. The molecular weight excluding hydrogens is 255 g/mol. The first kappa shape index (κ1) is 13.0. The molecule has 0 unspecified atom stereocenters. The van der Waals surface area contributed by atoms with Crippen molar-refractivity contribution in [3.05, 3.63) is 35.7 Å². The molecule has 0 spiro atoms. The van der Waals surface area contributed by atoms with Gasteiger partial charge in [-0.25, -0.2) is 12.8 Å². The fourth-order valence-electron chi connectivity index (χ4n) is 1.93. The van der Waals surface area contributed by atoms with Crippen LogP contribution in [-0.4, -0.2) is 25.8 Å². The third kappa shape index (κ3) is 2.26. The van der Waals surface area contributed by atoms with Crippen LogP contribution in [0.5, 0.6) is 0 Å². The van der Waals surface area contributed by atoms with Gasteiger partial charge in [0.15, 0.2) is 0 Å². The Bertz CT molecular complexity index is 596. The van der Waals surface area contributed by atoms with E-state index in [-0.39, 0.29) is 22.7 Å². The molecule has 0 amide bonds. The van der Waals surface area contributed by atoms with Crippen LogP contribution in [0.25, 0.3) is 0 Å². The van der Waals surface area contributed by atoms with Crippen molar-refractivity contribution in [2.45, 2.75) is 18.2 Å². The summed E-state index contributed by atoms with van der Waals surface area (Å²) in [6, 6.07) is 2.60. The molecule has 1 aromatic carbocycles. The van der Waals surface area contributed by atoms with Crippen molar-refractivity contribution in [3.63, 3.8) is 0 Å². The lowest BCUT2D eigenvalue weighted by Gasteiger charge is -2.23. The summed E-state index contributed by atoms with van der Waals surface area (Å²) >= 11 is 0. The van der Waals surface area contributed by atoms with Crippen LogP contribution in [0.15, 0.2) is 29.2 Å². The number of sulfonamides is 1. The summed E-state index contributed by atoms with van der Waals surface area (Å²) < 4.78 is 39.8. The van der Waals surface area contributed by atoms with Crippen LogP contribution in [0.1, 0.15) is 12.0 Å². The average Bonchev–Trinajstić information content (AvgIpc) is 2.34. The Morgan fingerprint density at radius 1 is 1.33 bits per heavy atom. The van der Waals surface area contributed by atoms with Gasteiger partial charge < -0.3 is 5.73 Å². The number of rotatable bonds is 2. The number of aryl methyl sites for hydroxylation is 1. The lowest BCUT2D eigenvalue weighted by molar-refractivity contribution is 0.432. The van der Waals surface area contributed by atoms with Gasteiger partial charge in [0, 0.05) is 18.8 Å². The Hall–Kier alpha value is -1.40. The molecule has 2 rings (SSSR count). The molecule has 6 heteroatoms. The van der Waals surface area contributed by atoms with E-state index in [0.29, 0.717) is 13.0 Å². The summed E-state index contributed by atoms with van der Waals surface area (Å²) in [5, 5.41) is 0. The van der Waals surface area contributed by atoms with E-state index in [9.17, 15) is 12.8 Å². The van der Waals surface area contributed by atoms with Crippen LogP contribution in [0, 0.1) is 12.7 Å². The number of hydrogen-bond donors (Lipinski definition) is 1. The van der Waals surface area contributed by atoms with Gasteiger partial charge in [-0.1, -0.05) is 12.2 Å². The molecule has 18 heavy (non-hydrogen) atoms. The molecule has 2 N–H and O–H groups in total. The second-order valence-electron chi connectivity index (χ2n) is 4.27. The zero-order valence-electron chi connectivity index (χ0n) is 10.1. The predicted octanol–water partition coefficient (Wildman–Crippen LogP) is 1.67. The van der Waals surface area contributed by atoms with Crippen molar-refractivity contribution in [2.75, 3.05) is 18.8 Å². The van der Waals surface area contributed by atoms with E-state index in [1.54, 1.807) is 6.08 Å². The monoisotopic (exact) mass is 270 g/mol. The first-order valence-corrected chi connectivity index (χ1v) is 7.07. The van der Waals surface area contributed by atoms with Gasteiger partial charge in [0.05, 0.1) is 0 Å². The first-order chi connectivity index (χ1) is 8.43. The second-order valence-corrected chi connectivity index (χ2v) is 6.18. The third-order valence-electron chi connectivity index (χ3n) is 2.88. The fourth-order valence-corrected chi connectivity index (χ4v) is 3.51. The smallest absolute Gasteiger partial charge is 0.246 e. The van der Waals surface area contributed by atoms with Gasteiger partial charge in [0.25, 0.3) is 0 Å². The summed E-state index contributed by atoms with van der Waals surface area (Å²) in [5.41, 5.74) is 6.08. The van der Waals surface area contributed by atoms with E-state index in [1.165, 1.54) is 23.4 Å². The molecule has 1 aliphatic heterocycles. The normalized spacial score (nSPS) is 17.0. The Morgan fingerprint density at radius 2 is 2.06 bits per heavy atom. The van der Waals surface area contributed by atoms with Gasteiger partial charge in [-0.2, -0.15) is 4.31 Å². The summed E-state index contributed by atoms with van der Waals surface area (Å²) in [6.45, 7) is 2.14. The molecule has 98 valence electrons. The maximum absolute atomic E-state index is 14.0. The molecule has 0 fully saturated rings. The first-order valence-electron chi connectivity index (χ1n) is 5.63. The van der Waals surface area contributed by atoms with Crippen LogP contribution in [-0.2, 0) is 10.0 Å². The number of anilines is 1. The highest BCUT2D eigenvalue weighted by molar-refractivity contribution is 7.89. The lowest BCUT2D eigenvalue weighted by atomic mass is 10.2. The van der Waals surface area contributed by atoms with Crippen LogP contribution in [0.4, 0.5) is 10.1 Å². The van der Waals surface area contributed by atoms with Gasteiger partial charge in [0.1, 0.15) is 10.7 Å². The van der Waals surface area contributed by atoms with Crippen molar-refractivity contribution >= 4 is 15.7 Å². The molecule has 1 heterocycles. The van der Waals surface area contributed by atoms with Crippen molar-refractivity contribution in [2.24, 2.45) is 0 Å². The number of nitrogens with zero attached hydrogens (tertiary/aromatic N) is 1. The zero-order valence-corrected chi connectivity index (χ0v) is 10.9. The lowest BCUT2D eigenvalue weighted by Crippen LogP contribution is -2.34. The highest BCUT2D eigenvalue weighted by atomic mass is 32.2. The van der Waals surface area contributed by atoms with Crippen molar-refractivity contribution < 1.29 is 12.8 Å². The van der Waals surface area contributed by atoms with Crippen LogP contribution >= 0.6 is 0 Å². The highest BCUT2D eigenvalue weighted by Crippen LogP contribution is 2.25. The summed E-state index contributed by atoms with van der Waals surface area (Å²) in [4.78, 5) is -0.338. The van der Waals surface area contributed by atoms with E-state index in [2.05, 4.69) is 0 Å². The molecule has 4 nitrogen and oxygen atoms in total. The molecule has 0 aliphatic carbocycles. The third-order valence-corrected chi connectivity index (χ3v) is 4.75. The molecule has 1 aliphatic rings. The molecule has 1 aromatic rings. The zero-order chi connectivity index (χ0) is 13.3. The fraction of sp³-hybridized carbons (Fsp3) is 0.333. The molecule has 0 radical (unpaired) electrons. The molecule has 0 atom stereocenters. The van der Waals surface area contributed by atoms with E-state index >= 15 is 0 Å². The molecule has 0 saturated heterocycles. The molecule has 0 saturated carbocycles. The van der Waals surface area contributed by atoms with Crippen molar-refractivity contribution in [1.82, 2.24) is 4.31 Å². The Balaban J connectivity index is 2.50. The van der Waals surface area contributed by atoms with E-state index < -0.39 is 15.8 Å². The van der Waals surface area contributed by atoms with Crippen molar-refractivity contribution in [3.8, 4) is 0 Å². The second kappa shape index (κ2) is 4.70. The largest absolute Gasteiger partial charge is 0.399 e. The maximum atomic E-state index is 14.0. The molecule has 0 aromatic heterocycles. The Morgan fingerprint density at radius 3 is 2.67 bits per heavy atom. The minimum atomic E-state index is -3.81. The van der Waals surface area contributed by atoms with Gasteiger partial charge in [-0.15, -0.1) is 0 Å². The number of halogens is 1. The highest BCUT2D eigenvalue weighted by Gasteiger charge is 2.28. The standard InChI is InChI=1S/C12H15FN2O2S/c1-9-7-10(14)8-11(12(9)13)18(16,17)15-5-3-2-4-6-15/h2-3,7-8H,4-6,14H2,1H3. The quantitative estimate of drug-likeness (QED) is 0.656. The van der Waals surface area contributed by atoms with Gasteiger partial charge in [-0.3, -0.25) is 0 Å². The summed E-state index contributed by atoms with van der Waals surface area (Å²) in [7, 11) is -3.81. The number of hydrogen-bond acceptors (Lipinski definition) is 3. The number of nitrogens with two attached hydrogens (primary N) is 1. The minimum absolute atomic E-state index is 0.237. The van der Waals surface area contributed by atoms with Crippen LogP contribution in [0.3, 0.4) is 0 Å².